The molecule has 3 N–H and O–H groups in total. The summed E-state index contributed by atoms with van der Waals surface area (Å²) in [6, 6.07) is 6.77. The van der Waals surface area contributed by atoms with Crippen LogP contribution in [0.2, 0.25) is 0 Å². The van der Waals surface area contributed by atoms with Gasteiger partial charge in [-0.1, -0.05) is 20.3 Å². The lowest BCUT2D eigenvalue weighted by Crippen LogP contribution is -2.41. The van der Waals surface area contributed by atoms with Crippen LogP contribution in [0.25, 0.3) is 0 Å². The molecule has 3 rings (SSSR count). The number of nitrogens with one attached hydrogen (secondary N) is 1. The topological polar surface area (TPSA) is 120 Å². The number of amides is 1. The van der Waals surface area contributed by atoms with Gasteiger partial charge in [0.15, 0.2) is 5.69 Å². The summed E-state index contributed by atoms with van der Waals surface area (Å²) in [5.74, 6) is 0.283. The van der Waals surface area contributed by atoms with Crippen LogP contribution in [0, 0.1) is 0 Å². The van der Waals surface area contributed by atoms with Gasteiger partial charge in [-0.25, -0.2) is 4.79 Å². The van der Waals surface area contributed by atoms with Gasteiger partial charge in [-0.2, -0.15) is 0 Å². The van der Waals surface area contributed by atoms with Gasteiger partial charge in [0.2, 0.25) is 0 Å². The number of hydrogen-bond acceptors (Lipinski definition) is 6. The number of nitrogen functional groups attached to an aromatic ring is 1. The molecule has 1 aromatic heterocycles. The van der Waals surface area contributed by atoms with Crippen molar-refractivity contribution in [1.82, 2.24) is 9.55 Å². The Morgan fingerprint density at radius 2 is 2.00 bits per heavy atom. The monoisotopic (exact) mass is 444 g/mol. The number of hydrogen-bond donors (Lipinski definition) is 2. The Labute approximate surface area is 187 Å². The highest BCUT2D eigenvalue weighted by Gasteiger charge is 2.25. The molecular formula is C23H32N4O5. The van der Waals surface area contributed by atoms with Crippen molar-refractivity contribution in [3.05, 3.63) is 50.7 Å². The van der Waals surface area contributed by atoms with Crippen LogP contribution in [0.4, 0.5) is 11.5 Å². The molecule has 0 bridgehead atoms. The number of nitrogens with zero attached hydrogens (tertiary/aromatic N) is 2. The van der Waals surface area contributed by atoms with Crippen LogP contribution in [0.3, 0.4) is 0 Å². The molecule has 1 amide bonds. The fraction of sp³-hybridized carbons (Fsp3) is 0.522. The molecule has 0 aliphatic carbocycles. The molecule has 2 aromatic rings. The average Bonchev–Trinajstić information content (AvgIpc) is 3.30. The van der Waals surface area contributed by atoms with Gasteiger partial charge in [-0.15, -0.1) is 0 Å². The van der Waals surface area contributed by atoms with E-state index in [0.29, 0.717) is 30.9 Å². The number of aromatic nitrogens is 2. The van der Waals surface area contributed by atoms with E-state index < -0.39 is 11.2 Å². The second-order valence-electron chi connectivity index (χ2n) is 7.93. The first-order chi connectivity index (χ1) is 15.5. The number of ether oxygens (including phenoxy) is 2. The molecule has 1 aliphatic heterocycles. The van der Waals surface area contributed by atoms with E-state index in [1.165, 1.54) is 9.47 Å². The maximum atomic E-state index is 13.3. The van der Waals surface area contributed by atoms with E-state index in [0.717, 1.165) is 32.3 Å². The highest BCUT2D eigenvalue weighted by atomic mass is 16.5. The minimum atomic E-state index is -0.668. The van der Waals surface area contributed by atoms with Crippen molar-refractivity contribution in [1.29, 1.82) is 0 Å². The van der Waals surface area contributed by atoms with E-state index in [4.69, 9.17) is 15.2 Å². The molecule has 0 radical (unpaired) electrons. The van der Waals surface area contributed by atoms with Crippen molar-refractivity contribution in [2.75, 3.05) is 30.4 Å². The summed E-state index contributed by atoms with van der Waals surface area (Å²) in [6.07, 6.45) is 4.34. The number of carbonyl (C=O) groups is 1. The molecule has 0 saturated carbocycles. The number of H-pyrrole nitrogens is 1. The van der Waals surface area contributed by atoms with E-state index >= 15 is 0 Å². The summed E-state index contributed by atoms with van der Waals surface area (Å²) in [7, 11) is 0. The van der Waals surface area contributed by atoms with Crippen molar-refractivity contribution in [2.24, 2.45) is 0 Å². The lowest BCUT2D eigenvalue weighted by atomic mass is 10.1. The smallest absolute Gasteiger partial charge is 0.330 e. The summed E-state index contributed by atoms with van der Waals surface area (Å²) in [5.41, 5.74) is 5.38. The van der Waals surface area contributed by atoms with Gasteiger partial charge in [-0.05, 0) is 49.9 Å². The number of benzene rings is 1. The highest BCUT2D eigenvalue weighted by molar-refractivity contribution is 6.07. The van der Waals surface area contributed by atoms with E-state index in [2.05, 4.69) is 4.98 Å². The Balaban J connectivity index is 1.84. The van der Waals surface area contributed by atoms with Crippen molar-refractivity contribution in [2.45, 2.75) is 58.6 Å². The van der Waals surface area contributed by atoms with Crippen molar-refractivity contribution >= 4 is 17.4 Å². The summed E-state index contributed by atoms with van der Waals surface area (Å²) in [6.45, 7) is 5.79. The molecule has 1 aromatic carbocycles. The molecule has 2 heterocycles. The third kappa shape index (κ3) is 5.40. The first-order valence-corrected chi connectivity index (χ1v) is 11.2. The van der Waals surface area contributed by atoms with Gasteiger partial charge >= 0.3 is 5.69 Å². The van der Waals surface area contributed by atoms with Crippen LogP contribution in [-0.2, 0) is 11.3 Å². The van der Waals surface area contributed by atoms with Gasteiger partial charge in [0.05, 0.1) is 6.10 Å². The Morgan fingerprint density at radius 1 is 1.25 bits per heavy atom. The maximum absolute atomic E-state index is 13.3. The molecule has 1 aliphatic rings. The van der Waals surface area contributed by atoms with Crippen molar-refractivity contribution in [3.8, 4) is 5.75 Å². The number of aromatic amines is 1. The van der Waals surface area contributed by atoms with E-state index in [1.807, 2.05) is 13.8 Å². The molecule has 1 unspecified atom stereocenters. The Morgan fingerprint density at radius 3 is 2.62 bits per heavy atom. The van der Waals surface area contributed by atoms with Gasteiger partial charge in [0.1, 0.15) is 18.2 Å². The zero-order chi connectivity index (χ0) is 23.1. The minimum absolute atomic E-state index is 0.00511. The quantitative estimate of drug-likeness (QED) is 0.581. The fourth-order valence-corrected chi connectivity index (χ4v) is 3.73. The van der Waals surface area contributed by atoms with Crippen LogP contribution in [0.1, 0.15) is 56.3 Å². The number of unbranched alkanes of at least 4 members (excludes halogenated alkanes) is 1. The van der Waals surface area contributed by atoms with E-state index in [1.54, 1.807) is 24.3 Å². The third-order valence-electron chi connectivity index (χ3n) is 5.47. The predicted molar refractivity (Wildman–Crippen MR) is 124 cm³/mol. The standard InChI is InChI=1S/C23H32N4O5/c1-3-5-13-27-20(24)19(21(28)25-23(27)30)26(12-4-2)22(29)16-8-10-17(11-9-16)32-15-18-7-6-14-31-18/h8-11,18H,3-7,12-15,24H2,1-2H3,(H,25,28,30). The third-order valence-corrected chi connectivity index (χ3v) is 5.47. The van der Waals surface area contributed by atoms with E-state index in [9.17, 15) is 14.4 Å². The second kappa shape index (κ2) is 11.0. The van der Waals surface area contributed by atoms with E-state index in [-0.39, 0.29) is 30.1 Å². The van der Waals surface area contributed by atoms with Gasteiger partial charge in [-0.3, -0.25) is 19.1 Å². The molecular weight excluding hydrogens is 412 g/mol. The summed E-state index contributed by atoms with van der Waals surface area (Å²) >= 11 is 0. The number of nitrogens with two attached hydrogens (primary N) is 1. The molecule has 32 heavy (non-hydrogen) atoms. The van der Waals surface area contributed by atoms with Crippen molar-refractivity contribution < 1.29 is 14.3 Å². The fourth-order valence-electron chi connectivity index (χ4n) is 3.73. The Kier molecular flexibility index (Phi) is 8.10. The molecule has 0 spiro atoms. The van der Waals surface area contributed by atoms with Crippen LogP contribution < -0.4 is 26.6 Å². The average molecular weight is 445 g/mol. The normalized spacial score (nSPS) is 15.6. The Bertz CT molecular complexity index is 1020. The predicted octanol–water partition coefficient (Wildman–Crippen LogP) is 2.53. The van der Waals surface area contributed by atoms with Gasteiger partial charge in [0.25, 0.3) is 11.5 Å². The summed E-state index contributed by atoms with van der Waals surface area (Å²) in [5, 5.41) is 0. The van der Waals surface area contributed by atoms with Crippen LogP contribution in [0.15, 0.2) is 33.9 Å². The highest BCUT2D eigenvalue weighted by Crippen LogP contribution is 2.22. The van der Waals surface area contributed by atoms with Gasteiger partial charge in [0, 0.05) is 25.3 Å². The van der Waals surface area contributed by atoms with Crippen LogP contribution in [0.5, 0.6) is 5.75 Å². The number of anilines is 2. The molecule has 1 saturated heterocycles. The van der Waals surface area contributed by atoms with Crippen molar-refractivity contribution in [3.63, 3.8) is 0 Å². The first-order valence-electron chi connectivity index (χ1n) is 11.2. The first kappa shape index (κ1) is 23.6. The molecule has 9 nitrogen and oxygen atoms in total. The molecule has 174 valence electrons. The van der Waals surface area contributed by atoms with Crippen LogP contribution >= 0.6 is 0 Å². The SMILES string of the molecule is CCCCn1c(N)c(N(CCC)C(=O)c2ccc(OCC3CCCO3)cc2)c(=O)[nH]c1=O. The molecule has 1 atom stereocenters. The summed E-state index contributed by atoms with van der Waals surface area (Å²) in [4.78, 5) is 41.8. The molecule has 9 heteroatoms. The lowest BCUT2D eigenvalue weighted by Gasteiger charge is -2.24. The largest absolute Gasteiger partial charge is 0.491 e. The molecule has 1 fully saturated rings. The van der Waals surface area contributed by atoms with Gasteiger partial charge < -0.3 is 20.1 Å². The maximum Gasteiger partial charge on any atom is 0.330 e. The Hall–Kier alpha value is -3.07. The number of rotatable bonds is 10. The number of carbonyl (C=O) groups excluding carboxylic acids is 1. The summed E-state index contributed by atoms with van der Waals surface area (Å²) < 4.78 is 12.6. The second-order valence-corrected chi connectivity index (χ2v) is 7.93. The minimum Gasteiger partial charge on any atom is -0.491 e. The van der Waals surface area contributed by atoms with Crippen LogP contribution in [-0.4, -0.2) is 41.3 Å². The lowest BCUT2D eigenvalue weighted by molar-refractivity contribution is 0.0679. The zero-order valence-electron chi connectivity index (χ0n) is 18.8. The zero-order valence-corrected chi connectivity index (χ0v) is 18.8.